The van der Waals surface area contributed by atoms with E-state index in [9.17, 15) is 9.18 Å². The summed E-state index contributed by atoms with van der Waals surface area (Å²) in [4.78, 5) is 35.4. The van der Waals surface area contributed by atoms with Crippen LogP contribution < -0.4 is 15.8 Å². The van der Waals surface area contributed by atoms with Gasteiger partial charge in [-0.15, -0.1) is 0 Å². The number of aromatic nitrogens is 6. The maximum Gasteiger partial charge on any atom is 0.318 e. The van der Waals surface area contributed by atoms with Crippen molar-refractivity contribution >= 4 is 40.6 Å². The number of H-pyrrole nitrogens is 1. The van der Waals surface area contributed by atoms with Crippen LogP contribution in [-0.4, -0.2) is 47.2 Å². The van der Waals surface area contributed by atoms with E-state index < -0.39 is 16.5 Å². The van der Waals surface area contributed by atoms with Crippen molar-refractivity contribution in [1.29, 1.82) is 0 Å². The lowest BCUT2D eigenvalue weighted by Crippen LogP contribution is -2.34. The Morgan fingerprint density at radius 1 is 1.37 bits per heavy atom. The number of fused-ring (bicyclic) bond motifs is 1. The molecule has 0 atom stereocenters. The Bertz CT molecular complexity index is 993. The van der Waals surface area contributed by atoms with Crippen LogP contribution in [0.15, 0.2) is 17.6 Å². The molecule has 3 aromatic rings. The van der Waals surface area contributed by atoms with Gasteiger partial charge in [0, 0.05) is 0 Å². The number of carbonyl (C=O) groups is 1. The maximum absolute atomic E-state index is 14.0. The minimum Gasteiger partial charge on any atom is -0.464 e. The van der Waals surface area contributed by atoms with Gasteiger partial charge in [0.15, 0.2) is 17.3 Å². The van der Waals surface area contributed by atoms with E-state index in [0.717, 1.165) is 18.0 Å². The first-order valence-electron chi connectivity index (χ1n) is 7.92. The quantitative estimate of drug-likeness (QED) is 0.422. The van der Waals surface area contributed by atoms with Crippen molar-refractivity contribution in [2.24, 2.45) is 0 Å². The second-order valence-corrected chi connectivity index (χ2v) is 7.45. The van der Waals surface area contributed by atoms with Crippen molar-refractivity contribution in [2.75, 3.05) is 17.7 Å². The van der Waals surface area contributed by atoms with Gasteiger partial charge in [0.1, 0.15) is 10.5 Å². The van der Waals surface area contributed by atoms with Gasteiger partial charge in [0.2, 0.25) is 11.9 Å². The molecule has 10 nitrogen and oxygen atoms in total. The van der Waals surface area contributed by atoms with Gasteiger partial charge in [-0.25, -0.2) is 19.3 Å². The third kappa shape index (κ3) is 4.05. The predicted molar refractivity (Wildman–Crippen MR) is 97.8 cm³/mol. The van der Waals surface area contributed by atoms with Gasteiger partial charge >= 0.3 is 6.01 Å². The molecule has 0 bridgehead atoms. The van der Waals surface area contributed by atoms with Gasteiger partial charge in [0.25, 0.3) is 0 Å². The molecule has 0 fully saturated rings. The highest BCUT2D eigenvalue weighted by atomic mass is 32.2. The van der Waals surface area contributed by atoms with Crippen molar-refractivity contribution in [3.05, 3.63) is 18.3 Å². The number of aromatic amines is 1. The number of anilines is 2. The highest BCUT2D eigenvalue weighted by Crippen LogP contribution is 2.35. The van der Waals surface area contributed by atoms with Crippen molar-refractivity contribution in [2.45, 2.75) is 30.5 Å². The van der Waals surface area contributed by atoms with Crippen LogP contribution in [0.5, 0.6) is 6.01 Å². The SMILES string of the molecule is CCOc1ncc(F)c(NC(=O)C(C)(C)Sc2nc(N)nc3nc[nH]c23)n1. The fraction of sp³-hybridized carbons (Fsp3) is 0.333. The first-order valence-corrected chi connectivity index (χ1v) is 8.74. The van der Waals surface area contributed by atoms with Crippen LogP contribution in [0.25, 0.3) is 11.2 Å². The molecule has 0 aromatic carbocycles. The van der Waals surface area contributed by atoms with E-state index in [4.69, 9.17) is 10.5 Å². The number of nitrogens with two attached hydrogens (primary N) is 1. The van der Waals surface area contributed by atoms with Gasteiger partial charge in [-0.1, -0.05) is 11.8 Å². The topological polar surface area (TPSA) is 145 Å². The second-order valence-electron chi connectivity index (χ2n) is 5.84. The molecule has 0 aliphatic carbocycles. The molecule has 0 unspecified atom stereocenters. The average Bonchev–Trinajstić information content (AvgIpc) is 3.06. The Morgan fingerprint density at radius 2 is 2.15 bits per heavy atom. The standard InChI is InChI=1S/C15H17FN8O2S/c1-4-26-14-18-5-7(16)9(23-14)21-12(25)15(2,3)27-11-8-10(20-6-19-8)22-13(17)24-11/h5-6H,4H2,1-3H3,(H,18,21,23,25)(H3,17,19,20,22,24). The largest absolute Gasteiger partial charge is 0.464 e. The summed E-state index contributed by atoms with van der Waals surface area (Å²) >= 11 is 1.13. The summed E-state index contributed by atoms with van der Waals surface area (Å²) in [6.07, 6.45) is 2.40. The number of rotatable bonds is 6. The van der Waals surface area contributed by atoms with Crippen molar-refractivity contribution < 1.29 is 13.9 Å². The number of nitrogens with zero attached hydrogens (tertiary/aromatic N) is 5. The lowest BCUT2D eigenvalue weighted by Gasteiger charge is -2.22. The minimum atomic E-state index is -1.04. The molecule has 0 saturated heterocycles. The summed E-state index contributed by atoms with van der Waals surface area (Å²) in [5, 5.41) is 2.91. The minimum absolute atomic E-state index is 0.0256. The smallest absolute Gasteiger partial charge is 0.318 e. The Kier molecular flexibility index (Phi) is 5.08. The fourth-order valence-corrected chi connectivity index (χ4v) is 3.10. The number of ether oxygens (including phenoxy) is 1. The van der Waals surface area contributed by atoms with Crippen LogP contribution >= 0.6 is 11.8 Å². The van der Waals surface area contributed by atoms with Crippen molar-refractivity contribution in [1.82, 2.24) is 29.9 Å². The summed E-state index contributed by atoms with van der Waals surface area (Å²) in [6.45, 7) is 5.39. The normalized spacial score (nSPS) is 11.6. The monoisotopic (exact) mass is 392 g/mol. The van der Waals surface area contributed by atoms with Gasteiger partial charge in [0.05, 0.1) is 23.9 Å². The molecule has 0 spiro atoms. The lowest BCUT2D eigenvalue weighted by molar-refractivity contribution is -0.117. The Hall–Kier alpha value is -3.02. The summed E-state index contributed by atoms with van der Waals surface area (Å²) in [7, 11) is 0. The molecule has 0 radical (unpaired) electrons. The fourth-order valence-electron chi connectivity index (χ4n) is 2.08. The Labute approximate surface area is 157 Å². The highest BCUT2D eigenvalue weighted by Gasteiger charge is 2.32. The summed E-state index contributed by atoms with van der Waals surface area (Å²) in [5.41, 5.74) is 6.65. The first kappa shape index (κ1) is 18.8. The number of hydrogen-bond acceptors (Lipinski definition) is 9. The zero-order chi connectivity index (χ0) is 19.6. The maximum atomic E-state index is 14.0. The van der Waals surface area contributed by atoms with Gasteiger partial charge < -0.3 is 20.8 Å². The highest BCUT2D eigenvalue weighted by molar-refractivity contribution is 8.01. The number of thioether (sulfide) groups is 1. The Balaban J connectivity index is 1.83. The second kappa shape index (κ2) is 7.31. The van der Waals surface area contributed by atoms with Crippen LogP contribution in [0, 0.1) is 5.82 Å². The molecule has 4 N–H and O–H groups in total. The molecule has 12 heteroatoms. The number of carbonyl (C=O) groups excluding carboxylic acids is 1. The van der Waals surface area contributed by atoms with Gasteiger partial charge in [-0.3, -0.25) is 4.79 Å². The number of amides is 1. The summed E-state index contributed by atoms with van der Waals surface area (Å²) in [6, 6.07) is -0.0256. The average molecular weight is 392 g/mol. The van der Waals surface area contributed by atoms with Crippen molar-refractivity contribution in [3.63, 3.8) is 0 Å². The predicted octanol–water partition coefficient (Wildman–Crippen LogP) is 1.77. The molecule has 0 saturated carbocycles. The number of nitrogens with one attached hydrogen (secondary N) is 2. The van der Waals surface area contributed by atoms with E-state index in [0.29, 0.717) is 22.8 Å². The Morgan fingerprint density at radius 3 is 2.89 bits per heavy atom. The van der Waals surface area contributed by atoms with Crippen molar-refractivity contribution in [3.8, 4) is 6.01 Å². The molecule has 3 rings (SSSR count). The van der Waals surface area contributed by atoms with Crippen LogP contribution in [-0.2, 0) is 4.79 Å². The van der Waals surface area contributed by atoms with Crippen LogP contribution in [0.3, 0.4) is 0 Å². The molecule has 3 aromatic heterocycles. The third-order valence-corrected chi connectivity index (χ3v) is 4.58. The molecule has 1 amide bonds. The number of nitrogen functional groups attached to an aromatic ring is 1. The van der Waals surface area contributed by atoms with Crippen LogP contribution in [0.4, 0.5) is 16.2 Å². The number of imidazole rings is 1. The van der Waals surface area contributed by atoms with Crippen LogP contribution in [0.1, 0.15) is 20.8 Å². The number of hydrogen-bond donors (Lipinski definition) is 3. The number of halogens is 1. The van der Waals surface area contributed by atoms with E-state index in [2.05, 4.69) is 35.2 Å². The van der Waals surface area contributed by atoms with E-state index in [-0.39, 0.29) is 17.8 Å². The molecule has 142 valence electrons. The molecule has 3 heterocycles. The summed E-state index contributed by atoms with van der Waals surface area (Å²) < 4.78 is 18.0. The molecule has 0 aliphatic rings. The van der Waals surface area contributed by atoms with E-state index >= 15 is 0 Å². The van der Waals surface area contributed by atoms with Gasteiger partial charge in [-0.05, 0) is 20.8 Å². The zero-order valence-electron chi connectivity index (χ0n) is 14.8. The van der Waals surface area contributed by atoms with E-state index in [1.807, 2.05) is 0 Å². The molecular weight excluding hydrogens is 375 g/mol. The first-order chi connectivity index (χ1) is 12.8. The molecular formula is C15H17FN8O2S. The summed E-state index contributed by atoms with van der Waals surface area (Å²) in [5.74, 6) is -1.48. The van der Waals surface area contributed by atoms with Crippen LogP contribution in [0.2, 0.25) is 0 Å². The van der Waals surface area contributed by atoms with E-state index in [1.165, 1.54) is 6.33 Å². The lowest BCUT2D eigenvalue weighted by atomic mass is 10.2. The molecule has 27 heavy (non-hydrogen) atoms. The van der Waals surface area contributed by atoms with Gasteiger partial charge in [-0.2, -0.15) is 9.97 Å². The van der Waals surface area contributed by atoms with E-state index in [1.54, 1.807) is 20.8 Å². The molecule has 0 aliphatic heterocycles. The zero-order valence-corrected chi connectivity index (χ0v) is 15.6. The third-order valence-electron chi connectivity index (χ3n) is 3.40.